The highest BCUT2D eigenvalue weighted by molar-refractivity contribution is 6.19. The molecule has 0 bridgehead atoms. The number of hydrogen-bond acceptors (Lipinski definition) is 1. The van der Waals surface area contributed by atoms with E-state index in [-0.39, 0.29) is 5.41 Å². The maximum atomic E-state index is 2.46. The summed E-state index contributed by atoms with van der Waals surface area (Å²) in [5, 5.41) is 4.99. The lowest BCUT2D eigenvalue weighted by Gasteiger charge is -2.29. The monoisotopic (exact) mass is 652 g/mol. The molecular formula is C49H36N2. The van der Waals surface area contributed by atoms with Crippen molar-refractivity contribution >= 4 is 49.6 Å². The van der Waals surface area contributed by atoms with E-state index in [9.17, 15) is 0 Å². The lowest BCUT2D eigenvalue weighted by molar-refractivity contribution is 0.660. The fourth-order valence-corrected chi connectivity index (χ4v) is 8.56. The molecule has 0 aliphatic heterocycles. The summed E-state index contributed by atoms with van der Waals surface area (Å²) in [7, 11) is 0. The minimum absolute atomic E-state index is 0.0600. The molecule has 0 fully saturated rings. The van der Waals surface area contributed by atoms with Crippen molar-refractivity contribution < 1.29 is 0 Å². The summed E-state index contributed by atoms with van der Waals surface area (Å²) in [6.07, 6.45) is 0. The second-order valence-corrected chi connectivity index (χ2v) is 14.2. The molecule has 1 aliphatic rings. The molecule has 242 valence electrons. The van der Waals surface area contributed by atoms with E-state index in [1.165, 1.54) is 66.0 Å². The first-order chi connectivity index (χ1) is 25.1. The highest BCUT2D eigenvalue weighted by atomic mass is 15.1. The first-order valence-electron chi connectivity index (χ1n) is 17.8. The van der Waals surface area contributed by atoms with Gasteiger partial charge in [-0.3, -0.25) is 0 Å². The van der Waals surface area contributed by atoms with Gasteiger partial charge in [0.1, 0.15) is 0 Å². The van der Waals surface area contributed by atoms with Crippen LogP contribution < -0.4 is 4.90 Å². The summed E-state index contributed by atoms with van der Waals surface area (Å²) in [4.78, 5) is 2.46. The predicted octanol–water partition coefficient (Wildman–Crippen LogP) is 13.4. The molecule has 9 aromatic rings. The lowest BCUT2D eigenvalue weighted by atomic mass is 9.82. The van der Waals surface area contributed by atoms with Crippen molar-refractivity contribution in [1.29, 1.82) is 0 Å². The number of nitrogens with zero attached hydrogens (tertiary/aromatic N) is 2. The molecule has 8 aromatic carbocycles. The summed E-state index contributed by atoms with van der Waals surface area (Å²) >= 11 is 0. The average Bonchev–Trinajstić information content (AvgIpc) is 3.64. The van der Waals surface area contributed by atoms with Crippen LogP contribution in [0, 0.1) is 0 Å². The molecule has 0 spiro atoms. The van der Waals surface area contributed by atoms with Crippen molar-refractivity contribution in [3.63, 3.8) is 0 Å². The predicted molar refractivity (Wildman–Crippen MR) is 216 cm³/mol. The van der Waals surface area contributed by atoms with Gasteiger partial charge in [0.25, 0.3) is 0 Å². The van der Waals surface area contributed by atoms with E-state index in [1.807, 2.05) is 0 Å². The largest absolute Gasteiger partial charge is 0.310 e. The van der Waals surface area contributed by atoms with Crippen LogP contribution in [0.25, 0.3) is 60.5 Å². The molecule has 0 N–H and O–H groups in total. The van der Waals surface area contributed by atoms with Crippen molar-refractivity contribution in [2.75, 3.05) is 4.90 Å². The zero-order chi connectivity index (χ0) is 34.1. The minimum atomic E-state index is -0.0600. The standard InChI is InChI=1S/C49H36N2/c1-49(2)44-23-13-11-22-40(44)43-31-36(27-30-45(43)49)50(46-24-14-12-20-38(46)33-15-5-3-6-16-33)37-26-29-41-42-28-25-34-17-9-10-21-39(34)48(42)51(47(41)32-37)35-18-7-4-8-19-35/h3-32H,1-2H3. The fourth-order valence-electron chi connectivity index (χ4n) is 8.56. The Kier molecular flexibility index (Phi) is 6.56. The van der Waals surface area contributed by atoms with Gasteiger partial charge in [0.15, 0.2) is 0 Å². The van der Waals surface area contributed by atoms with Crippen molar-refractivity contribution in [3.05, 3.63) is 193 Å². The zero-order valence-corrected chi connectivity index (χ0v) is 28.7. The summed E-state index contributed by atoms with van der Waals surface area (Å²) in [5.41, 5.74) is 14.7. The Morgan fingerprint density at radius 1 is 0.451 bits per heavy atom. The van der Waals surface area contributed by atoms with Gasteiger partial charge in [0.2, 0.25) is 0 Å². The van der Waals surface area contributed by atoms with Crippen LogP contribution in [-0.4, -0.2) is 4.57 Å². The van der Waals surface area contributed by atoms with E-state index in [4.69, 9.17) is 0 Å². The molecule has 0 atom stereocenters. The van der Waals surface area contributed by atoms with Crippen LogP contribution in [0.4, 0.5) is 17.1 Å². The third kappa shape index (κ3) is 4.50. The Balaban J connectivity index is 1.28. The molecule has 1 aliphatic carbocycles. The third-order valence-electron chi connectivity index (χ3n) is 11.0. The van der Waals surface area contributed by atoms with Gasteiger partial charge in [-0.2, -0.15) is 0 Å². The van der Waals surface area contributed by atoms with Crippen LogP contribution in [-0.2, 0) is 5.41 Å². The number of aromatic nitrogens is 1. The topological polar surface area (TPSA) is 8.17 Å². The van der Waals surface area contributed by atoms with Crippen LogP contribution in [0.5, 0.6) is 0 Å². The number of hydrogen-bond donors (Lipinski definition) is 0. The molecule has 2 nitrogen and oxygen atoms in total. The lowest BCUT2D eigenvalue weighted by Crippen LogP contribution is -2.15. The van der Waals surface area contributed by atoms with Crippen LogP contribution in [0.2, 0.25) is 0 Å². The van der Waals surface area contributed by atoms with Gasteiger partial charge in [0.05, 0.1) is 16.7 Å². The van der Waals surface area contributed by atoms with E-state index in [0.717, 1.165) is 22.7 Å². The van der Waals surface area contributed by atoms with Gasteiger partial charge in [-0.25, -0.2) is 0 Å². The van der Waals surface area contributed by atoms with Crippen molar-refractivity contribution in [2.24, 2.45) is 0 Å². The summed E-state index contributed by atoms with van der Waals surface area (Å²) in [5.74, 6) is 0. The number of rotatable bonds is 5. The van der Waals surface area contributed by atoms with E-state index in [1.54, 1.807) is 0 Å². The van der Waals surface area contributed by atoms with Crippen LogP contribution >= 0.6 is 0 Å². The maximum Gasteiger partial charge on any atom is 0.0619 e. The summed E-state index contributed by atoms with van der Waals surface area (Å²) < 4.78 is 2.46. The van der Waals surface area contributed by atoms with Crippen LogP contribution in [0.1, 0.15) is 25.0 Å². The van der Waals surface area contributed by atoms with E-state index >= 15 is 0 Å². The molecule has 0 amide bonds. The van der Waals surface area contributed by atoms with Gasteiger partial charge in [-0.1, -0.05) is 153 Å². The number of para-hydroxylation sites is 2. The quantitative estimate of drug-likeness (QED) is 0.180. The molecule has 51 heavy (non-hydrogen) atoms. The maximum absolute atomic E-state index is 2.46. The Morgan fingerprint density at radius 2 is 1.08 bits per heavy atom. The van der Waals surface area contributed by atoms with Crippen molar-refractivity contribution in [3.8, 4) is 27.9 Å². The Bertz CT molecular complexity index is 2770. The highest BCUT2D eigenvalue weighted by Crippen LogP contribution is 2.51. The third-order valence-corrected chi connectivity index (χ3v) is 11.0. The molecule has 2 heteroatoms. The number of benzene rings is 8. The number of anilines is 3. The minimum Gasteiger partial charge on any atom is -0.310 e. The second-order valence-electron chi connectivity index (χ2n) is 14.2. The molecule has 0 saturated carbocycles. The first-order valence-corrected chi connectivity index (χ1v) is 17.8. The summed E-state index contributed by atoms with van der Waals surface area (Å²) in [6.45, 7) is 4.69. The Hall–Kier alpha value is -6.38. The van der Waals surface area contributed by atoms with Crippen LogP contribution in [0.15, 0.2) is 182 Å². The van der Waals surface area contributed by atoms with Crippen LogP contribution in [0.3, 0.4) is 0 Å². The van der Waals surface area contributed by atoms with Gasteiger partial charge in [-0.05, 0) is 75.7 Å². The Labute approximate surface area is 298 Å². The van der Waals surface area contributed by atoms with Crippen molar-refractivity contribution in [2.45, 2.75) is 19.3 Å². The van der Waals surface area contributed by atoms with Gasteiger partial charge in [0, 0.05) is 44.2 Å². The Morgan fingerprint density at radius 3 is 1.92 bits per heavy atom. The fraction of sp³-hybridized carbons (Fsp3) is 0.0612. The molecular weight excluding hydrogens is 617 g/mol. The molecule has 0 radical (unpaired) electrons. The number of fused-ring (bicyclic) bond motifs is 8. The molecule has 10 rings (SSSR count). The second kappa shape index (κ2) is 11.3. The molecule has 1 heterocycles. The van der Waals surface area contributed by atoms with Crippen molar-refractivity contribution in [1.82, 2.24) is 4.57 Å². The zero-order valence-electron chi connectivity index (χ0n) is 28.7. The average molecular weight is 653 g/mol. The van der Waals surface area contributed by atoms with Gasteiger partial charge in [-0.15, -0.1) is 0 Å². The van der Waals surface area contributed by atoms with E-state index < -0.39 is 0 Å². The highest BCUT2D eigenvalue weighted by Gasteiger charge is 2.35. The molecule has 0 saturated heterocycles. The first kappa shape index (κ1) is 29.5. The van der Waals surface area contributed by atoms with E-state index in [2.05, 4.69) is 205 Å². The van der Waals surface area contributed by atoms with Gasteiger partial charge < -0.3 is 9.47 Å². The summed E-state index contributed by atoms with van der Waals surface area (Å²) in [6, 6.07) is 66.7. The SMILES string of the molecule is CC1(C)c2ccccc2-c2cc(N(c3ccc4c5ccc6ccccc6c5n(-c5ccccc5)c4c3)c3ccccc3-c3ccccc3)ccc21. The molecule has 0 unspecified atom stereocenters. The van der Waals surface area contributed by atoms with E-state index in [0.29, 0.717) is 0 Å². The normalized spacial score (nSPS) is 13.1. The smallest absolute Gasteiger partial charge is 0.0619 e. The molecule has 1 aromatic heterocycles. The van der Waals surface area contributed by atoms with Gasteiger partial charge >= 0.3 is 0 Å².